The Morgan fingerprint density at radius 2 is 1.85 bits per heavy atom. The topological polar surface area (TPSA) is 87.7 Å². The van der Waals surface area contributed by atoms with Crippen LogP contribution in [0.15, 0.2) is 64.9 Å². The lowest BCUT2D eigenvalue weighted by Crippen LogP contribution is -2.14. The third kappa shape index (κ3) is 3.98. The molecule has 0 aliphatic carbocycles. The van der Waals surface area contributed by atoms with Gasteiger partial charge in [-0.25, -0.2) is 8.42 Å². The highest BCUT2D eigenvalue weighted by Crippen LogP contribution is 2.32. The Kier molecular flexibility index (Phi) is 5.46. The van der Waals surface area contributed by atoms with Gasteiger partial charge in [0.25, 0.3) is 10.0 Å². The van der Waals surface area contributed by atoms with Crippen LogP contribution in [-0.2, 0) is 16.6 Å². The molecule has 0 amide bonds. The third-order valence-electron chi connectivity index (χ3n) is 3.64. The summed E-state index contributed by atoms with van der Waals surface area (Å²) < 4.78 is 33.0. The largest absolute Gasteiger partial charge is 0.494 e. The molecule has 0 fully saturated rings. The Balaban J connectivity index is 1.85. The van der Waals surface area contributed by atoms with Crippen molar-refractivity contribution in [2.45, 2.75) is 11.5 Å². The average Bonchev–Trinajstić information content (AvgIpc) is 3.13. The molecule has 1 heterocycles. The van der Waals surface area contributed by atoms with Crippen LogP contribution in [0.5, 0.6) is 5.75 Å². The Hall–Kier alpha value is -2.55. The fourth-order valence-corrected chi connectivity index (χ4v) is 4.77. The Labute approximate surface area is 156 Å². The minimum absolute atomic E-state index is 0.0791. The number of ether oxygens (including phenoxy) is 1. The van der Waals surface area contributed by atoms with Gasteiger partial charge in [-0.2, -0.15) is 0 Å². The highest BCUT2D eigenvalue weighted by atomic mass is 32.2. The van der Waals surface area contributed by atoms with Gasteiger partial charge < -0.3 is 15.2 Å². The maximum atomic E-state index is 12.5. The van der Waals surface area contributed by atoms with Crippen molar-refractivity contribution in [3.63, 3.8) is 0 Å². The summed E-state index contributed by atoms with van der Waals surface area (Å²) in [6.45, 7) is -0.322. The van der Waals surface area contributed by atoms with Crippen LogP contribution in [-0.4, -0.2) is 20.6 Å². The van der Waals surface area contributed by atoms with Crippen molar-refractivity contribution in [3.8, 4) is 5.75 Å². The van der Waals surface area contributed by atoms with Gasteiger partial charge in [0, 0.05) is 11.8 Å². The SMILES string of the molecule is COc1cc(NS(=O)(=O)c2ccsc2CO)ccc1Nc1ccccc1. The first kappa shape index (κ1) is 18.2. The molecule has 8 heteroatoms. The van der Waals surface area contributed by atoms with Crippen molar-refractivity contribution < 1.29 is 18.3 Å². The summed E-state index contributed by atoms with van der Waals surface area (Å²) >= 11 is 1.19. The quantitative estimate of drug-likeness (QED) is 0.571. The van der Waals surface area contributed by atoms with Gasteiger partial charge in [0.1, 0.15) is 10.6 Å². The van der Waals surface area contributed by atoms with Crippen molar-refractivity contribution in [1.82, 2.24) is 0 Å². The van der Waals surface area contributed by atoms with Gasteiger partial charge in [-0.15, -0.1) is 11.3 Å². The van der Waals surface area contributed by atoms with E-state index in [1.54, 1.807) is 23.6 Å². The monoisotopic (exact) mass is 390 g/mol. The summed E-state index contributed by atoms with van der Waals surface area (Å²) in [4.78, 5) is 0.474. The van der Waals surface area contributed by atoms with Crippen molar-refractivity contribution in [2.24, 2.45) is 0 Å². The smallest absolute Gasteiger partial charge is 0.263 e. The summed E-state index contributed by atoms with van der Waals surface area (Å²) in [5.41, 5.74) is 1.98. The molecule has 0 saturated carbocycles. The molecule has 0 atom stereocenters. The number of aliphatic hydroxyl groups excluding tert-OH is 1. The molecule has 0 radical (unpaired) electrons. The molecule has 3 N–H and O–H groups in total. The van der Waals surface area contributed by atoms with E-state index in [-0.39, 0.29) is 11.5 Å². The van der Waals surface area contributed by atoms with Gasteiger partial charge in [0.05, 0.1) is 30.0 Å². The second kappa shape index (κ2) is 7.77. The van der Waals surface area contributed by atoms with E-state index in [0.717, 1.165) is 5.69 Å². The second-order valence-electron chi connectivity index (χ2n) is 5.38. The zero-order valence-corrected chi connectivity index (χ0v) is 15.6. The number of hydrogen-bond acceptors (Lipinski definition) is 6. The van der Waals surface area contributed by atoms with E-state index in [4.69, 9.17) is 4.74 Å². The highest BCUT2D eigenvalue weighted by molar-refractivity contribution is 7.93. The van der Waals surface area contributed by atoms with Crippen molar-refractivity contribution in [1.29, 1.82) is 0 Å². The van der Waals surface area contributed by atoms with Crippen LogP contribution in [0.4, 0.5) is 17.1 Å². The summed E-state index contributed by atoms with van der Waals surface area (Å²) in [6.07, 6.45) is 0. The lowest BCUT2D eigenvalue weighted by molar-refractivity contribution is 0.282. The van der Waals surface area contributed by atoms with E-state index in [9.17, 15) is 13.5 Å². The van der Waals surface area contributed by atoms with Crippen LogP contribution >= 0.6 is 11.3 Å². The summed E-state index contributed by atoms with van der Waals surface area (Å²) in [6, 6.07) is 16.1. The standard InChI is InChI=1S/C18H18N2O4S2/c1-24-16-11-14(7-8-15(16)19-13-5-3-2-4-6-13)20-26(22,23)18-9-10-25-17(18)12-21/h2-11,19-21H,12H2,1H3. The zero-order chi connectivity index (χ0) is 18.6. The van der Waals surface area contributed by atoms with Gasteiger partial charge in [-0.3, -0.25) is 4.72 Å². The molecule has 0 saturated heterocycles. The van der Waals surface area contributed by atoms with Gasteiger partial charge in [-0.05, 0) is 35.7 Å². The van der Waals surface area contributed by atoms with Gasteiger partial charge in [-0.1, -0.05) is 18.2 Å². The molecule has 3 aromatic rings. The summed E-state index contributed by atoms with van der Waals surface area (Å²) in [5, 5.41) is 14.1. The van der Waals surface area contributed by atoms with Crippen LogP contribution in [0.25, 0.3) is 0 Å². The van der Waals surface area contributed by atoms with Crippen molar-refractivity contribution in [3.05, 3.63) is 64.9 Å². The molecule has 0 bridgehead atoms. The number of hydrogen-bond donors (Lipinski definition) is 3. The Morgan fingerprint density at radius 1 is 1.08 bits per heavy atom. The van der Waals surface area contributed by atoms with Crippen LogP contribution in [0.3, 0.4) is 0 Å². The molecular formula is C18H18N2O4S2. The number of rotatable bonds is 7. The normalized spacial score (nSPS) is 11.2. The lowest BCUT2D eigenvalue weighted by atomic mass is 10.2. The number of thiophene rings is 1. The van der Waals surface area contributed by atoms with Gasteiger partial charge >= 0.3 is 0 Å². The molecule has 0 aliphatic heterocycles. The predicted octanol–water partition coefficient (Wildman–Crippen LogP) is 3.79. The fourth-order valence-electron chi connectivity index (χ4n) is 2.43. The summed E-state index contributed by atoms with van der Waals surface area (Å²) in [5.74, 6) is 0.502. The first-order valence-corrected chi connectivity index (χ1v) is 10.1. The first-order chi connectivity index (χ1) is 12.5. The van der Waals surface area contributed by atoms with Crippen LogP contribution < -0.4 is 14.8 Å². The van der Waals surface area contributed by atoms with Gasteiger partial charge in [0.15, 0.2) is 0 Å². The Morgan fingerprint density at radius 3 is 2.54 bits per heavy atom. The van der Waals surface area contributed by atoms with E-state index in [1.807, 2.05) is 30.3 Å². The van der Waals surface area contributed by atoms with E-state index in [2.05, 4.69) is 10.0 Å². The number of nitrogens with one attached hydrogen (secondary N) is 2. The van der Waals surface area contributed by atoms with Crippen LogP contribution in [0.1, 0.15) is 4.88 Å². The lowest BCUT2D eigenvalue weighted by Gasteiger charge is -2.14. The zero-order valence-electron chi connectivity index (χ0n) is 14.0. The maximum Gasteiger partial charge on any atom is 0.263 e. The van der Waals surface area contributed by atoms with E-state index in [1.165, 1.54) is 24.5 Å². The van der Waals surface area contributed by atoms with Crippen LogP contribution in [0.2, 0.25) is 0 Å². The number of sulfonamides is 1. The predicted molar refractivity (Wildman–Crippen MR) is 104 cm³/mol. The van der Waals surface area contributed by atoms with Crippen molar-refractivity contribution in [2.75, 3.05) is 17.1 Å². The molecule has 1 aromatic heterocycles. The van der Waals surface area contributed by atoms with E-state index in [0.29, 0.717) is 22.0 Å². The molecule has 6 nitrogen and oxygen atoms in total. The Bertz CT molecular complexity index is 985. The van der Waals surface area contributed by atoms with Crippen molar-refractivity contribution >= 4 is 38.4 Å². The minimum atomic E-state index is -3.79. The highest BCUT2D eigenvalue weighted by Gasteiger charge is 2.20. The summed E-state index contributed by atoms with van der Waals surface area (Å²) in [7, 11) is -2.26. The fraction of sp³-hybridized carbons (Fsp3) is 0.111. The van der Waals surface area contributed by atoms with Gasteiger partial charge in [0.2, 0.25) is 0 Å². The minimum Gasteiger partial charge on any atom is -0.494 e. The molecule has 3 rings (SSSR count). The van der Waals surface area contributed by atoms with E-state index >= 15 is 0 Å². The molecule has 0 unspecified atom stereocenters. The number of para-hydroxylation sites is 1. The average molecular weight is 390 g/mol. The molecule has 26 heavy (non-hydrogen) atoms. The third-order valence-corrected chi connectivity index (χ3v) is 6.15. The number of benzene rings is 2. The van der Waals surface area contributed by atoms with E-state index < -0.39 is 10.0 Å². The molecule has 0 aliphatic rings. The number of aliphatic hydroxyl groups is 1. The first-order valence-electron chi connectivity index (χ1n) is 7.73. The molecule has 0 spiro atoms. The molecule has 136 valence electrons. The second-order valence-corrected chi connectivity index (χ2v) is 8.03. The molecule has 2 aromatic carbocycles. The number of anilines is 3. The number of methoxy groups -OCH3 is 1. The molecular weight excluding hydrogens is 372 g/mol. The van der Waals surface area contributed by atoms with Crippen LogP contribution in [0, 0.1) is 0 Å². The maximum absolute atomic E-state index is 12.5.